The van der Waals surface area contributed by atoms with Crippen molar-refractivity contribution in [3.05, 3.63) is 71.0 Å². The Labute approximate surface area is 122 Å². The van der Waals surface area contributed by atoms with Gasteiger partial charge in [0.15, 0.2) is 0 Å². The molecule has 0 aliphatic heterocycles. The van der Waals surface area contributed by atoms with Crippen LogP contribution in [-0.4, -0.2) is 4.21 Å². The predicted molar refractivity (Wildman–Crippen MR) is 73.4 cm³/mol. The highest BCUT2D eigenvalue weighted by molar-refractivity contribution is 7.83. The smallest absolute Gasteiger partial charge is 0.259 e. The van der Waals surface area contributed by atoms with Gasteiger partial charge in [-0.3, -0.25) is 4.21 Å². The topological polar surface area (TPSA) is 17.1 Å². The van der Waals surface area contributed by atoms with E-state index in [0.717, 1.165) is 12.1 Å². The fourth-order valence-electron chi connectivity index (χ4n) is 1.89. The molecular weight excluding hydrogens is 304 g/mol. The molecule has 0 aliphatic carbocycles. The van der Waals surface area contributed by atoms with E-state index < -0.39 is 28.4 Å². The van der Waals surface area contributed by atoms with E-state index in [9.17, 15) is 21.8 Å². The quantitative estimate of drug-likeness (QED) is 0.769. The summed E-state index contributed by atoms with van der Waals surface area (Å²) in [5.41, 5.74) is 0.141. The molecule has 0 aliphatic rings. The summed E-state index contributed by atoms with van der Waals surface area (Å²) in [6, 6.07) is 10.4. The molecule has 21 heavy (non-hydrogen) atoms. The highest BCUT2D eigenvalue weighted by atomic mass is 32.2. The molecule has 0 heterocycles. The van der Waals surface area contributed by atoms with Crippen LogP contribution in [0.2, 0.25) is 0 Å². The van der Waals surface area contributed by atoms with E-state index in [1.807, 2.05) is 0 Å². The molecule has 1 nitrogen and oxygen atoms in total. The summed E-state index contributed by atoms with van der Waals surface area (Å²) in [4.78, 5) is 0. The molecule has 0 fully saturated rings. The Hall–Kier alpha value is -1.69. The van der Waals surface area contributed by atoms with Crippen molar-refractivity contribution in [2.24, 2.45) is 0 Å². The van der Waals surface area contributed by atoms with Crippen molar-refractivity contribution in [1.82, 2.24) is 0 Å². The van der Waals surface area contributed by atoms with Crippen LogP contribution in [0.4, 0.5) is 17.6 Å². The number of benzene rings is 2. The lowest BCUT2D eigenvalue weighted by Gasteiger charge is -2.09. The van der Waals surface area contributed by atoms with E-state index in [4.69, 9.17) is 0 Å². The molecule has 0 saturated carbocycles. The SMILES string of the molecule is O=[S@@](Cc1cccc(F)c1)Cc1cccc(C(F)(F)F)c1. The minimum atomic E-state index is -4.42. The maximum absolute atomic E-state index is 13.0. The van der Waals surface area contributed by atoms with Gasteiger partial charge in [0.05, 0.1) is 5.56 Å². The Balaban J connectivity index is 2.06. The summed E-state index contributed by atoms with van der Waals surface area (Å²) < 4.78 is 62.7. The Bertz CT molecular complexity index is 652. The molecule has 112 valence electrons. The van der Waals surface area contributed by atoms with Crippen molar-refractivity contribution >= 4 is 10.8 Å². The molecule has 0 radical (unpaired) electrons. The molecule has 0 N–H and O–H groups in total. The first kappa shape index (κ1) is 15.7. The van der Waals surface area contributed by atoms with Gasteiger partial charge in [-0.25, -0.2) is 4.39 Å². The van der Waals surface area contributed by atoms with Gasteiger partial charge in [0.1, 0.15) is 5.82 Å². The highest BCUT2D eigenvalue weighted by Crippen LogP contribution is 2.29. The minimum absolute atomic E-state index is 0.000430. The lowest BCUT2D eigenvalue weighted by atomic mass is 10.1. The molecule has 0 spiro atoms. The van der Waals surface area contributed by atoms with Crippen LogP contribution in [-0.2, 0) is 28.5 Å². The van der Waals surface area contributed by atoms with Crippen LogP contribution >= 0.6 is 0 Å². The number of halogens is 4. The van der Waals surface area contributed by atoms with E-state index in [1.165, 1.54) is 30.3 Å². The van der Waals surface area contributed by atoms with Gasteiger partial charge in [0.25, 0.3) is 0 Å². The minimum Gasteiger partial charge on any atom is -0.259 e. The summed E-state index contributed by atoms with van der Waals surface area (Å²) in [5.74, 6) is -0.322. The van der Waals surface area contributed by atoms with Gasteiger partial charge in [-0.2, -0.15) is 13.2 Å². The van der Waals surface area contributed by atoms with Crippen molar-refractivity contribution in [1.29, 1.82) is 0 Å². The zero-order chi connectivity index (χ0) is 15.5. The van der Waals surface area contributed by atoms with Gasteiger partial charge in [0.2, 0.25) is 0 Å². The highest BCUT2D eigenvalue weighted by Gasteiger charge is 2.30. The third-order valence-electron chi connectivity index (χ3n) is 2.80. The third kappa shape index (κ3) is 4.67. The van der Waals surface area contributed by atoms with Gasteiger partial charge in [-0.05, 0) is 29.3 Å². The van der Waals surface area contributed by atoms with Gasteiger partial charge in [0, 0.05) is 22.3 Å². The van der Waals surface area contributed by atoms with Crippen LogP contribution in [0.15, 0.2) is 48.5 Å². The zero-order valence-electron chi connectivity index (χ0n) is 10.9. The average molecular weight is 316 g/mol. The molecule has 2 rings (SSSR count). The van der Waals surface area contributed by atoms with Crippen LogP contribution in [0.25, 0.3) is 0 Å². The van der Waals surface area contributed by atoms with E-state index in [-0.39, 0.29) is 11.5 Å². The molecule has 0 aromatic heterocycles. The van der Waals surface area contributed by atoms with E-state index in [1.54, 1.807) is 6.07 Å². The molecule has 0 saturated heterocycles. The van der Waals surface area contributed by atoms with Gasteiger partial charge < -0.3 is 0 Å². The second kappa shape index (κ2) is 6.39. The summed E-state index contributed by atoms with van der Waals surface area (Å²) >= 11 is 0. The first-order valence-corrected chi connectivity index (χ1v) is 7.59. The predicted octanol–water partition coefficient (Wildman–Crippen LogP) is 4.29. The molecule has 6 heteroatoms. The summed E-state index contributed by atoms with van der Waals surface area (Å²) in [5, 5.41) is 0. The second-order valence-electron chi connectivity index (χ2n) is 4.56. The molecule has 2 aromatic carbocycles. The van der Waals surface area contributed by atoms with Crippen molar-refractivity contribution in [3.8, 4) is 0 Å². The Morgan fingerprint density at radius 1 is 0.905 bits per heavy atom. The summed E-state index contributed by atoms with van der Waals surface area (Å²) in [7, 11) is -1.40. The Morgan fingerprint density at radius 3 is 2.05 bits per heavy atom. The normalized spacial score (nSPS) is 13.1. The fraction of sp³-hybridized carbons (Fsp3) is 0.200. The molecule has 0 unspecified atom stereocenters. The van der Waals surface area contributed by atoms with E-state index in [2.05, 4.69) is 0 Å². The maximum Gasteiger partial charge on any atom is 0.416 e. The first-order chi connectivity index (χ1) is 9.84. The van der Waals surface area contributed by atoms with Crippen LogP contribution in [0.1, 0.15) is 16.7 Å². The summed E-state index contributed by atoms with van der Waals surface area (Å²) in [6.45, 7) is 0. The summed E-state index contributed by atoms with van der Waals surface area (Å²) in [6.07, 6.45) is -4.42. The monoisotopic (exact) mass is 316 g/mol. The van der Waals surface area contributed by atoms with Crippen LogP contribution in [0, 0.1) is 5.82 Å². The lowest BCUT2D eigenvalue weighted by molar-refractivity contribution is -0.137. The Morgan fingerprint density at radius 2 is 1.48 bits per heavy atom. The third-order valence-corrected chi connectivity index (χ3v) is 4.11. The van der Waals surface area contributed by atoms with Gasteiger partial charge in [-0.15, -0.1) is 0 Å². The number of rotatable bonds is 4. The number of alkyl halides is 3. The number of hydrogen-bond donors (Lipinski definition) is 0. The van der Waals surface area contributed by atoms with E-state index >= 15 is 0 Å². The molecule has 0 amide bonds. The largest absolute Gasteiger partial charge is 0.416 e. The van der Waals surface area contributed by atoms with Gasteiger partial charge >= 0.3 is 6.18 Å². The van der Waals surface area contributed by atoms with Crippen molar-refractivity contribution in [2.75, 3.05) is 0 Å². The number of hydrogen-bond acceptors (Lipinski definition) is 1. The fourth-order valence-corrected chi connectivity index (χ4v) is 3.09. The van der Waals surface area contributed by atoms with Crippen molar-refractivity contribution in [2.45, 2.75) is 17.7 Å². The van der Waals surface area contributed by atoms with E-state index in [0.29, 0.717) is 11.1 Å². The molecular formula is C15H12F4OS. The lowest BCUT2D eigenvalue weighted by Crippen LogP contribution is -2.06. The van der Waals surface area contributed by atoms with Crippen LogP contribution in [0.3, 0.4) is 0 Å². The standard InChI is InChI=1S/C15H12F4OS/c16-14-6-2-4-12(8-14)10-21(20)9-11-3-1-5-13(7-11)15(17,18)19/h1-8H,9-10H2/t21-/m1/s1. The molecule has 0 bridgehead atoms. The molecule has 1 atom stereocenters. The zero-order valence-corrected chi connectivity index (χ0v) is 11.7. The molecule has 2 aromatic rings. The Kier molecular flexibility index (Phi) is 4.77. The maximum atomic E-state index is 13.0. The van der Waals surface area contributed by atoms with Crippen LogP contribution in [0.5, 0.6) is 0 Å². The van der Waals surface area contributed by atoms with Crippen molar-refractivity contribution < 1.29 is 21.8 Å². The van der Waals surface area contributed by atoms with Crippen LogP contribution < -0.4 is 0 Å². The first-order valence-electron chi connectivity index (χ1n) is 6.10. The van der Waals surface area contributed by atoms with Gasteiger partial charge in [-0.1, -0.05) is 30.3 Å². The van der Waals surface area contributed by atoms with Crippen molar-refractivity contribution in [3.63, 3.8) is 0 Å². The second-order valence-corrected chi connectivity index (χ2v) is 6.01. The average Bonchev–Trinajstić information content (AvgIpc) is 2.37.